The van der Waals surface area contributed by atoms with Gasteiger partial charge in [0.1, 0.15) is 17.2 Å². The molecule has 0 radical (unpaired) electrons. The molecule has 1 aliphatic rings. The monoisotopic (exact) mass is 381 g/mol. The van der Waals surface area contributed by atoms with Gasteiger partial charge in [0.05, 0.1) is 16.9 Å². The van der Waals surface area contributed by atoms with E-state index in [1.807, 2.05) is 45.2 Å². The van der Waals surface area contributed by atoms with E-state index < -0.39 is 0 Å². The van der Waals surface area contributed by atoms with Crippen molar-refractivity contribution in [2.75, 3.05) is 13.6 Å². The number of H-pyrrole nitrogens is 1. The maximum atomic E-state index is 12.1. The number of ether oxygens (including phenoxy) is 1. The molecule has 0 aliphatic carbocycles. The molecular weight excluding hydrogens is 354 g/mol. The number of rotatable bonds is 5. The molecule has 1 aromatic heterocycles. The van der Waals surface area contributed by atoms with Gasteiger partial charge in [0.15, 0.2) is 0 Å². The molecule has 1 aliphatic heterocycles. The van der Waals surface area contributed by atoms with Gasteiger partial charge >= 0.3 is 0 Å². The summed E-state index contributed by atoms with van der Waals surface area (Å²) in [6, 6.07) is 11.5. The highest BCUT2D eigenvalue weighted by molar-refractivity contribution is 6.01. The molecule has 6 nitrogen and oxygen atoms in total. The average molecular weight is 381 g/mol. The summed E-state index contributed by atoms with van der Waals surface area (Å²) in [4.78, 5) is 14.2. The molecule has 0 bridgehead atoms. The van der Waals surface area contributed by atoms with Crippen LogP contribution in [0.25, 0.3) is 22.0 Å². The first-order valence-corrected chi connectivity index (χ1v) is 9.72. The SMILES string of the molecule is CC.CC(O)CCN(C)Cc1ccc2c(c1)-c1n[nH]c(=O)c3cccc(c13)O2. The van der Waals surface area contributed by atoms with Gasteiger partial charge in [-0.15, -0.1) is 0 Å². The minimum Gasteiger partial charge on any atom is -0.456 e. The second-order valence-corrected chi connectivity index (χ2v) is 6.89. The highest BCUT2D eigenvalue weighted by Crippen LogP contribution is 2.44. The van der Waals surface area contributed by atoms with Crippen molar-refractivity contribution in [3.63, 3.8) is 0 Å². The molecule has 1 unspecified atom stereocenters. The number of nitrogens with one attached hydrogen (secondary N) is 1. The molecule has 0 saturated heterocycles. The third kappa shape index (κ3) is 3.93. The summed E-state index contributed by atoms with van der Waals surface area (Å²) in [6.45, 7) is 7.37. The van der Waals surface area contributed by atoms with Crippen LogP contribution in [0.3, 0.4) is 0 Å². The Labute approximate surface area is 164 Å². The first-order valence-electron chi connectivity index (χ1n) is 9.72. The molecule has 2 N–H and O–H groups in total. The van der Waals surface area contributed by atoms with Crippen molar-refractivity contribution in [2.24, 2.45) is 0 Å². The average Bonchev–Trinajstić information content (AvgIpc) is 2.70. The van der Waals surface area contributed by atoms with Gasteiger partial charge in [0, 0.05) is 18.7 Å². The van der Waals surface area contributed by atoms with Crippen molar-refractivity contribution in [2.45, 2.75) is 39.8 Å². The standard InChI is InChI=1S/C20H21N3O3.C2H6/c1-12(24)8-9-23(2)11-13-6-7-16-15(10-13)19-18-14(20(25)22-21-19)4-3-5-17(18)26-16;1-2/h3-7,10,12,24H,8-9,11H2,1-2H3,(H,22,25);1-2H3. The van der Waals surface area contributed by atoms with E-state index in [0.717, 1.165) is 47.5 Å². The van der Waals surface area contributed by atoms with Gasteiger partial charge in [0.25, 0.3) is 5.56 Å². The van der Waals surface area contributed by atoms with Gasteiger partial charge in [-0.1, -0.05) is 26.0 Å². The molecule has 2 heterocycles. The van der Waals surface area contributed by atoms with Crippen molar-refractivity contribution >= 4 is 10.8 Å². The number of aromatic nitrogens is 2. The molecule has 1 atom stereocenters. The predicted octanol–water partition coefficient (Wildman–Crippen LogP) is 3.92. The Morgan fingerprint density at radius 1 is 1.21 bits per heavy atom. The van der Waals surface area contributed by atoms with Crippen LogP contribution in [0, 0.1) is 0 Å². The lowest BCUT2D eigenvalue weighted by Crippen LogP contribution is -2.22. The van der Waals surface area contributed by atoms with Crippen LogP contribution in [0.2, 0.25) is 0 Å². The summed E-state index contributed by atoms with van der Waals surface area (Å²) in [5.41, 5.74) is 2.53. The molecule has 0 saturated carbocycles. The number of aliphatic hydroxyl groups excluding tert-OH is 1. The van der Waals surface area contributed by atoms with Gasteiger partial charge in [-0.05, 0) is 50.2 Å². The Bertz CT molecular complexity index is 1030. The Morgan fingerprint density at radius 3 is 2.75 bits per heavy atom. The zero-order valence-corrected chi connectivity index (χ0v) is 16.8. The lowest BCUT2D eigenvalue weighted by atomic mass is 9.99. The van der Waals surface area contributed by atoms with E-state index in [9.17, 15) is 9.90 Å². The Balaban J connectivity index is 0.00000109. The zero-order valence-electron chi connectivity index (χ0n) is 16.8. The molecule has 148 valence electrons. The Morgan fingerprint density at radius 2 is 2.00 bits per heavy atom. The molecule has 2 aromatic carbocycles. The highest BCUT2D eigenvalue weighted by atomic mass is 16.5. The van der Waals surface area contributed by atoms with Crippen LogP contribution in [0.5, 0.6) is 11.5 Å². The van der Waals surface area contributed by atoms with E-state index >= 15 is 0 Å². The van der Waals surface area contributed by atoms with E-state index in [-0.39, 0.29) is 11.7 Å². The largest absolute Gasteiger partial charge is 0.456 e. The van der Waals surface area contributed by atoms with Crippen molar-refractivity contribution in [3.05, 3.63) is 52.3 Å². The highest BCUT2D eigenvalue weighted by Gasteiger charge is 2.23. The quantitative estimate of drug-likeness (QED) is 0.548. The third-order valence-electron chi connectivity index (χ3n) is 4.68. The number of benzene rings is 2. The fraction of sp³-hybridized carbons (Fsp3) is 0.364. The van der Waals surface area contributed by atoms with E-state index in [0.29, 0.717) is 11.1 Å². The molecular formula is C22H27N3O3. The Kier molecular flexibility index (Phi) is 6.11. The number of aliphatic hydroxyl groups is 1. The number of aromatic amines is 1. The molecule has 0 amide bonds. The van der Waals surface area contributed by atoms with Crippen LogP contribution in [-0.2, 0) is 6.54 Å². The summed E-state index contributed by atoms with van der Waals surface area (Å²) in [6.07, 6.45) is 0.435. The fourth-order valence-electron chi connectivity index (χ4n) is 3.33. The third-order valence-corrected chi connectivity index (χ3v) is 4.68. The summed E-state index contributed by atoms with van der Waals surface area (Å²) >= 11 is 0. The maximum Gasteiger partial charge on any atom is 0.272 e. The van der Waals surface area contributed by atoms with E-state index in [2.05, 4.69) is 21.2 Å². The van der Waals surface area contributed by atoms with Crippen LogP contribution in [-0.4, -0.2) is 39.9 Å². The van der Waals surface area contributed by atoms with Gasteiger partial charge in [-0.25, -0.2) is 5.10 Å². The molecule has 3 aromatic rings. The second kappa shape index (κ2) is 8.54. The van der Waals surface area contributed by atoms with Gasteiger partial charge in [0.2, 0.25) is 0 Å². The minimum absolute atomic E-state index is 0.216. The smallest absolute Gasteiger partial charge is 0.272 e. The van der Waals surface area contributed by atoms with Crippen molar-refractivity contribution in [1.29, 1.82) is 0 Å². The predicted molar refractivity (Wildman–Crippen MR) is 112 cm³/mol. The van der Waals surface area contributed by atoms with Crippen LogP contribution in [0.15, 0.2) is 41.2 Å². The molecule has 6 heteroatoms. The first kappa shape index (κ1) is 20.0. The maximum absolute atomic E-state index is 12.1. The zero-order chi connectivity index (χ0) is 20.3. The summed E-state index contributed by atoms with van der Waals surface area (Å²) in [5.74, 6) is 1.39. The number of nitrogens with zero attached hydrogens (tertiary/aromatic N) is 2. The number of fused-ring (bicyclic) bond motifs is 2. The van der Waals surface area contributed by atoms with Crippen molar-refractivity contribution in [1.82, 2.24) is 15.1 Å². The minimum atomic E-state index is -0.301. The molecule has 0 fully saturated rings. The molecule has 0 spiro atoms. The Hall–Kier alpha value is -2.70. The van der Waals surface area contributed by atoms with Crippen LogP contribution >= 0.6 is 0 Å². The number of hydrogen-bond donors (Lipinski definition) is 2. The van der Waals surface area contributed by atoms with E-state index in [1.54, 1.807) is 13.0 Å². The topological polar surface area (TPSA) is 78.5 Å². The van der Waals surface area contributed by atoms with Gasteiger partial charge in [-0.3, -0.25) is 4.79 Å². The normalized spacial score (nSPS) is 12.8. The summed E-state index contributed by atoms with van der Waals surface area (Å²) in [7, 11) is 2.03. The lowest BCUT2D eigenvalue weighted by Gasteiger charge is -2.22. The summed E-state index contributed by atoms with van der Waals surface area (Å²) in [5, 5.41) is 17.7. The summed E-state index contributed by atoms with van der Waals surface area (Å²) < 4.78 is 6.00. The van der Waals surface area contributed by atoms with Gasteiger partial charge < -0.3 is 14.7 Å². The van der Waals surface area contributed by atoms with Crippen LogP contribution < -0.4 is 10.3 Å². The number of hydrogen-bond acceptors (Lipinski definition) is 5. The van der Waals surface area contributed by atoms with E-state index in [4.69, 9.17) is 4.74 Å². The first-order chi connectivity index (χ1) is 13.5. The molecule has 28 heavy (non-hydrogen) atoms. The molecule has 4 rings (SSSR count). The lowest BCUT2D eigenvalue weighted by molar-refractivity contribution is 0.163. The van der Waals surface area contributed by atoms with Crippen LogP contribution in [0.1, 0.15) is 32.8 Å². The van der Waals surface area contributed by atoms with Crippen molar-refractivity contribution in [3.8, 4) is 22.8 Å². The van der Waals surface area contributed by atoms with E-state index in [1.165, 1.54) is 0 Å². The fourth-order valence-corrected chi connectivity index (χ4v) is 3.33. The van der Waals surface area contributed by atoms with Gasteiger partial charge in [-0.2, -0.15) is 5.10 Å². The second-order valence-electron chi connectivity index (χ2n) is 6.89. The van der Waals surface area contributed by atoms with Crippen molar-refractivity contribution < 1.29 is 9.84 Å². The van der Waals surface area contributed by atoms with Crippen LogP contribution in [0.4, 0.5) is 0 Å².